The van der Waals surface area contributed by atoms with Crippen LogP contribution in [-0.2, 0) is 11.3 Å². The molecule has 2 saturated heterocycles. The number of halogens is 2. The molecule has 184 valence electrons. The number of hydrogen-bond acceptors (Lipinski definition) is 6. The lowest BCUT2D eigenvalue weighted by Gasteiger charge is -2.39. The first-order chi connectivity index (χ1) is 17.0. The van der Waals surface area contributed by atoms with Gasteiger partial charge in [-0.05, 0) is 62.7 Å². The van der Waals surface area contributed by atoms with Gasteiger partial charge in [0.2, 0.25) is 17.6 Å². The van der Waals surface area contributed by atoms with Gasteiger partial charge in [0, 0.05) is 53.4 Å². The third-order valence-electron chi connectivity index (χ3n) is 6.95. The second-order valence-corrected chi connectivity index (χ2v) is 10.2. The molecule has 3 aromatic rings. The summed E-state index contributed by atoms with van der Waals surface area (Å²) >= 11 is 12.3. The van der Waals surface area contributed by atoms with Crippen molar-refractivity contribution in [1.29, 1.82) is 0 Å². The average molecular weight is 514 g/mol. The topological polar surface area (TPSA) is 65.7 Å². The molecule has 0 saturated carbocycles. The van der Waals surface area contributed by atoms with E-state index in [0.717, 1.165) is 68.4 Å². The Morgan fingerprint density at radius 1 is 1.00 bits per heavy atom. The number of nitrogens with zero attached hydrogens (tertiary/aromatic N) is 5. The highest BCUT2D eigenvalue weighted by molar-refractivity contribution is 6.31. The average Bonchev–Trinajstić information content (AvgIpc) is 3.34. The van der Waals surface area contributed by atoms with Gasteiger partial charge in [-0.15, -0.1) is 0 Å². The van der Waals surface area contributed by atoms with Crippen molar-refractivity contribution < 1.29 is 9.32 Å². The van der Waals surface area contributed by atoms with Crippen LogP contribution in [0, 0.1) is 12.8 Å². The van der Waals surface area contributed by atoms with Crippen LogP contribution in [0.5, 0.6) is 0 Å². The van der Waals surface area contributed by atoms with E-state index >= 15 is 0 Å². The van der Waals surface area contributed by atoms with Gasteiger partial charge in [0.15, 0.2) is 0 Å². The van der Waals surface area contributed by atoms with E-state index in [-0.39, 0.29) is 11.8 Å². The normalized spacial score (nSPS) is 17.7. The van der Waals surface area contributed by atoms with Crippen molar-refractivity contribution in [1.82, 2.24) is 19.9 Å². The second-order valence-electron chi connectivity index (χ2n) is 9.32. The van der Waals surface area contributed by atoms with Gasteiger partial charge in [0.1, 0.15) is 0 Å². The Hall–Kier alpha value is -2.61. The second kappa shape index (κ2) is 10.6. The summed E-state index contributed by atoms with van der Waals surface area (Å²) < 4.78 is 5.46. The van der Waals surface area contributed by atoms with Gasteiger partial charge < -0.3 is 14.3 Å². The molecule has 0 N–H and O–H groups in total. The summed E-state index contributed by atoms with van der Waals surface area (Å²) in [5, 5.41) is 5.48. The van der Waals surface area contributed by atoms with E-state index in [9.17, 15) is 4.79 Å². The van der Waals surface area contributed by atoms with Gasteiger partial charge >= 0.3 is 0 Å². The van der Waals surface area contributed by atoms with Crippen LogP contribution in [-0.4, -0.2) is 65.1 Å². The maximum Gasteiger partial charge on any atom is 0.241 e. The standard InChI is InChI=1S/C26H29Cl2N5O2/c1-18-5-6-22(28)16-23(18)32-11-13-33(14-12-32)26(34)19-7-9-31(10-8-19)17-24-29-25(30-35-24)20-3-2-4-21(27)15-20/h2-6,15-16,19H,7-14,17H2,1H3. The lowest BCUT2D eigenvalue weighted by atomic mass is 9.95. The summed E-state index contributed by atoms with van der Waals surface area (Å²) in [6.45, 7) is 7.53. The SMILES string of the molecule is Cc1ccc(Cl)cc1N1CCN(C(=O)C2CCN(Cc3nc(-c4cccc(Cl)c4)no3)CC2)CC1. The van der Waals surface area contributed by atoms with Crippen molar-refractivity contribution >= 4 is 34.8 Å². The van der Waals surface area contributed by atoms with Gasteiger partial charge in [-0.1, -0.05) is 46.6 Å². The molecule has 0 radical (unpaired) electrons. The molecular weight excluding hydrogens is 485 g/mol. The van der Waals surface area contributed by atoms with Crippen LogP contribution in [0.3, 0.4) is 0 Å². The van der Waals surface area contributed by atoms with Crippen molar-refractivity contribution in [2.45, 2.75) is 26.3 Å². The number of hydrogen-bond donors (Lipinski definition) is 0. The van der Waals surface area contributed by atoms with Crippen LogP contribution in [0.1, 0.15) is 24.3 Å². The Bertz CT molecular complexity index is 1180. The summed E-state index contributed by atoms with van der Waals surface area (Å²) in [5.74, 6) is 1.49. The lowest BCUT2D eigenvalue weighted by Crippen LogP contribution is -2.51. The van der Waals surface area contributed by atoms with Gasteiger partial charge in [-0.25, -0.2) is 0 Å². The lowest BCUT2D eigenvalue weighted by molar-refractivity contribution is -0.137. The van der Waals surface area contributed by atoms with Crippen molar-refractivity contribution in [2.24, 2.45) is 5.92 Å². The van der Waals surface area contributed by atoms with Gasteiger partial charge in [0.25, 0.3) is 0 Å². The predicted molar refractivity (Wildman–Crippen MR) is 138 cm³/mol. The molecule has 1 amide bonds. The van der Waals surface area contributed by atoms with E-state index in [2.05, 4.69) is 32.9 Å². The predicted octanol–water partition coefficient (Wildman–Crippen LogP) is 4.91. The van der Waals surface area contributed by atoms with Crippen molar-refractivity contribution in [2.75, 3.05) is 44.2 Å². The van der Waals surface area contributed by atoms with Gasteiger partial charge in [-0.2, -0.15) is 4.98 Å². The monoisotopic (exact) mass is 513 g/mol. The van der Waals surface area contributed by atoms with Crippen molar-refractivity contribution in [3.63, 3.8) is 0 Å². The number of piperidine rings is 1. The summed E-state index contributed by atoms with van der Waals surface area (Å²) in [6, 6.07) is 13.4. The number of piperazine rings is 1. The molecule has 7 nitrogen and oxygen atoms in total. The zero-order chi connectivity index (χ0) is 24.4. The minimum absolute atomic E-state index is 0.0791. The number of aryl methyl sites for hydroxylation is 1. The highest BCUT2D eigenvalue weighted by Gasteiger charge is 2.31. The number of amides is 1. The van der Waals surface area contributed by atoms with E-state index < -0.39 is 0 Å². The van der Waals surface area contributed by atoms with Gasteiger partial charge in [-0.3, -0.25) is 9.69 Å². The molecule has 2 aromatic carbocycles. The minimum atomic E-state index is 0.0791. The van der Waals surface area contributed by atoms with Crippen LogP contribution in [0.4, 0.5) is 5.69 Å². The number of carbonyl (C=O) groups excluding carboxylic acids is 1. The fourth-order valence-electron chi connectivity index (χ4n) is 4.94. The van der Waals surface area contributed by atoms with Gasteiger partial charge in [0.05, 0.1) is 6.54 Å². The first kappa shape index (κ1) is 24.1. The molecule has 0 spiro atoms. The van der Waals surface area contributed by atoms with E-state index in [1.54, 1.807) is 0 Å². The Morgan fingerprint density at radius 3 is 2.49 bits per heavy atom. The first-order valence-corrected chi connectivity index (χ1v) is 12.8. The molecule has 3 heterocycles. The van der Waals surface area contributed by atoms with Crippen molar-refractivity contribution in [3.8, 4) is 11.4 Å². The van der Waals surface area contributed by atoms with E-state index in [4.69, 9.17) is 27.7 Å². The summed E-state index contributed by atoms with van der Waals surface area (Å²) in [7, 11) is 0. The summed E-state index contributed by atoms with van der Waals surface area (Å²) in [5.41, 5.74) is 3.21. The number of rotatable bonds is 5. The fraction of sp³-hybridized carbons (Fsp3) is 0.423. The molecule has 9 heteroatoms. The number of anilines is 1. The number of carbonyl (C=O) groups is 1. The fourth-order valence-corrected chi connectivity index (χ4v) is 5.30. The number of benzene rings is 2. The quantitative estimate of drug-likeness (QED) is 0.482. The van der Waals surface area contributed by atoms with E-state index in [1.807, 2.05) is 41.3 Å². The van der Waals surface area contributed by atoms with E-state index in [0.29, 0.717) is 23.3 Å². The number of aromatic nitrogens is 2. The highest BCUT2D eigenvalue weighted by Crippen LogP contribution is 2.27. The van der Waals surface area contributed by atoms with Crippen LogP contribution in [0.15, 0.2) is 47.0 Å². The smallest absolute Gasteiger partial charge is 0.241 e. The molecule has 0 bridgehead atoms. The Kier molecular flexibility index (Phi) is 7.27. The summed E-state index contributed by atoms with van der Waals surface area (Å²) in [6.07, 6.45) is 1.70. The molecular formula is C26H29Cl2N5O2. The maximum absolute atomic E-state index is 13.2. The molecule has 0 aliphatic carbocycles. The first-order valence-electron chi connectivity index (χ1n) is 12.1. The third kappa shape index (κ3) is 5.63. The molecule has 35 heavy (non-hydrogen) atoms. The zero-order valence-electron chi connectivity index (χ0n) is 19.8. The Morgan fingerprint density at radius 2 is 1.74 bits per heavy atom. The molecule has 0 atom stereocenters. The maximum atomic E-state index is 13.2. The van der Waals surface area contributed by atoms with Crippen LogP contribution in [0.25, 0.3) is 11.4 Å². The third-order valence-corrected chi connectivity index (χ3v) is 7.42. The zero-order valence-corrected chi connectivity index (χ0v) is 21.3. The van der Waals surface area contributed by atoms with E-state index in [1.165, 1.54) is 5.56 Å². The molecule has 2 fully saturated rings. The number of likely N-dealkylation sites (tertiary alicyclic amines) is 1. The minimum Gasteiger partial charge on any atom is -0.368 e. The summed E-state index contributed by atoms with van der Waals surface area (Å²) in [4.78, 5) is 24.3. The van der Waals surface area contributed by atoms with Crippen LogP contribution >= 0.6 is 23.2 Å². The largest absolute Gasteiger partial charge is 0.368 e. The Labute approximate surface area is 215 Å². The molecule has 1 aromatic heterocycles. The van der Waals surface area contributed by atoms with Crippen molar-refractivity contribution in [3.05, 3.63) is 64.0 Å². The molecule has 5 rings (SSSR count). The van der Waals surface area contributed by atoms with Crippen LogP contribution < -0.4 is 4.90 Å². The Balaban J connectivity index is 1.10. The molecule has 2 aliphatic heterocycles. The molecule has 2 aliphatic rings. The molecule has 0 unspecified atom stereocenters. The highest BCUT2D eigenvalue weighted by atomic mass is 35.5. The van der Waals surface area contributed by atoms with Crippen LogP contribution in [0.2, 0.25) is 10.0 Å².